The van der Waals surface area contributed by atoms with E-state index in [4.69, 9.17) is 4.74 Å². The molecular formula is C9H18N4O. The van der Waals surface area contributed by atoms with Crippen LogP contribution in [0.2, 0.25) is 0 Å². The molecule has 14 heavy (non-hydrogen) atoms. The summed E-state index contributed by atoms with van der Waals surface area (Å²) in [5, 5.41) is 11.1. The second-order valence-electron chi connectivity index (χ2n) is 3.24. The van der Waals surface area contributed by atoms with E-state index >= 15 is 0 Å². The summed E-state index contributed by atoms with van der Waals surface area (Å²) < 4.78 is 6.92. The van der Waals surface area contributed by atoms with Crippen molar-refractivity contribution >= 4 is 0 Å². The molecule has 1 unspecified atom stereocenters. The molecule has 0 aliphatic rings. The van der Waals surface area contributed by atoms with Gasteiger partial charge < -0.3 is 10.1 Å². The molecule has 0 fully saturated rings. The van der Waals surface area contributed by atoms with Crippen molar-refractivity contribution in [3.05, 3.63) is 11.9 Å². The van der Waals surface area contributed by atoms with Gasteiger partial charge in [-0.1, -0.05) is 12.1 Å². The number of ether oxygens (including phenoxy) is 1. The van der Waals surface area contributed by atoms with Crippen LogP contribution >= 0.6 is 0 Å². The molecule has 0 aliphatic carbocycles. The Hall–Kier alpha value is -0.940. The highest BCUT2D eigenvalue weighted by Gasteiger charge is 2.14. The molecule has 1 atom stereocenters. The van der Waals surface area contributed by atoms with E-state index in [0.29, 0.717) is 6.61 Å². The Bertz CT molecular complexity index is 261. The third-order valence-electron chi connectivity index (χ3n) is 2.08. The van der Waals surface area contributed by atoms with E-state index in [9.17, 15) is 0 Å². The summed E-state index contributed by atoms with van der Waals surface area (Å²) in [6, 6.07) is 0.181. The van der Waals surface area contributed by atoms with Crippen molar-refractivity contribution < 1.29 is 4.74 Å². The highest BCUT2D eigenvalue weighted by atomic mass is 16.5. The minimum Gasteiger partial charge on any atom is -0.383 e. The number of hydrogen-bond donors (Lipinski definition) is 1. The zero-order valence-corrected chi connectivity index (χ0v) is 9.03. The molecule has 80 valence electrons. The fourth-order valence-corrected chi connectivity index (χ4v) is 1.35. The third kappa shape index (κ3) is 2.78. The average Bonchev–Trinajstić information content (AvgIpc) is 2.59. The molecule has 1 aromatic rings. The van der Waals surface area contributed by atoms with Gasteiger partial charge in [-0.05, 0) is 13.0 Å². The summed E-state index contributed by atoms with van der Waals surface area (Å²) in [5.74, 6) is 0. The predicted molar refractivity (Wildman–Crippen MR) is 53.9 cm³/mol. The van der Waals surface area contributed by atoms with E-state index < -0.39 is 0 Å². The summed E-state index contributed by atoms with van der Waals surface area (Å²) in [7, 11) is 3.59. The second-order valence-corrected chi connectivity index (χ2v) is 3.24. The van der Waals surface area contributed by atoms with Crippen LogP contribution in [0, 0.1) is 0 Å². The molecule has 1 heterocycles. The molecule has 5 nitrogen and oxygen atoms in total. The minimum atomic E-state index is 0.181. The first-order valence-corrected chi connectivity index (χ1v) is 4.86. The monoisotopic (exact) mass is 198 g/mol. The van der Waals surface area contributed by atoms with Crippen LogP contribution in [0.5, 0.6) is 0 Å². The maximum Gasteiger partial charge on any atom is 0.0776 e. The van der Waals surface area contributed by atoms with Gasteiger partial charge in [0.2, 0.25) is 0 Å². The topological polar surface area (TPSA) is 52.0 Å². The number of rotatable bonds is 6. The Balaban J connectivity index is 2.62. The van der Waals surface area contributed by atoms with Gasteiger partial charge in [-0.25, -0.2) is 0 Å². The van der Waals surface area contributed by atoms with Gasteiger partial charge >= 0.3 is 0 Å². The molecule has 1 aromatic heterocycles. The zero-order chi connectivity index (χ0) is 10.4. The van der Waals surface area contributed by atoms with Crippen LogP contribution in [-0.4, -0.2) is 35.3 Å². The van der Waals surface area contributed by atoms with E-state index in [1.54, 1.807) is 18.0 Å². The molecule has 0 bridgehead atoms. The lowest BCUT2D eigenvalue weighted by molar-refractivity contribution is 0.164. The van der Waals surface area contributed by atoms with Crippen molar-refractivity contribution in [3.63, 3.8) is 0 Å². The molecular weight excluding hydrogens is 180 g/mol. The lowest BCUT2D eigenvalue weighted by Gasteiger charge is -2.16. The fraction of sp³-hybridized carbons (Fsp3) is 0.778. The summed E-state index contributed by atoms with van der Waals surface area (Å²) in [4.78, 5) is 0. The summed E-state index contributed by atoms with van der Waals surface area (Å²) >= 11 is 0. The summed E-state index contributed by atoms with van der Waals surface area (Å²) in [6.45, 7) is 3.75. The largest absolute Gasteiger partial charge is 0.383 e. The van der Waals surface area contributed by atoms with Gasteiger partial charge in [0.25, 0.3) is 0 Å². The van der Waals surface area contributed by atoms with Crippen LogP contribution < -0.4 is 5.32 Å². The van der Waals surface area contributed by atoms with Crippen LogP contribution in [0.1, 0.15) is 25.1 Å². The Morgan fingerprint density at radius 1 is 1.64 bits per heavy atom. The molecule has 0 radical (unpaired) electrons. The van der Waals surface area contributed by atoms with Gasteiger partial charge in [0, 0.05) is 14.2 Å². The van der Waals surface area contributed by atoms with Crippen LogP contribution in [0.15, 0.2) is 6.20 Å². The molecule has 5 heteroatoms. The number of nitrogens with zero attached hydrogens (tertiary/aromatic N) is 3. The van der Waals surface area contributed by atoms with Crippen LogP contribution in [0.4, 0.5) is 0 Å². The number of aryl methyl sites for hydroxylation is 1. The van der Waals surface area contributed by atoms with E-state index in [1.165, 1.54) is 0 Å². The lowest BCUT2D eigenvalue weighted by Crippen LogP contribution is -2.27. The molecule has 0 saturated heterocycles. The first-order chi connectivity index (χ1) is 6.79. The number of nitrogens with one attached hydrogen (secondary N) is 1. The molecule has 1 rings (SSSR count). The van der Waals surface area contributed by atoms with E-state index in [1.807, 2.05) is 7.05 Å². The number of aromatic nitrogens is 3. The molecule has 0 aromatic carbocycles. The van der Waals surface area contributed by atoms with Crippen molar-refractivity contribution in [2.75, 3.05) is 20.3 Å². The van der Waals surface area contributed by atoms with Gasteiger partial charge in [0.1, 0.15) is 0 Å². The number of hydrogen-bond acceptors (Lipinski definition) is 4. The van der Waals surface area contributed by atoms with E-state index in [0.717, 1.165) is 18.7 Å². The maximum atomic E-state index is 5.15. The van der Waals surface area contributed by atoms with Gasteiger partial charge in [0.15, 0.2) is 0 Å². The van der Waals surface area contributed by atoms with Gasteiger partial charge in [-0.2, -0.15) is 0 Å². The van der Waals surface area contributed by atoms with Gasteiger partial charge in [0.05, 0.1) is 24.5 Å². The molecule has 0 amide bonds. The first-order valence-electron chi connectivity index (χ1n) is 4.86. The second kappa shape index (κ2) is 5.72. The fourth-order valence-electron chi connectivity index (χ4n) is 1.35. The maximum absolute atomic E-state index is 5.15. The highest BCUT2D eigenvalue weighted by Crippen LogP contribution is 2.10. The third-order valence-corrected chi connectivity index (χ3v) is 2.08. The Labute approximate surface area is 84.4 Å². The Morgan fingerprint density at radius 3 is 2.93 bits per heavy atom. The highest BCUT2D eigenvalue weighted by molar-refractivity contribution is 5.01. The lowest BCUT2D eigenvalue weighted by atomic mass is 10.2. The van der Waals surface area contributed by atoms with Crippen molar-refractivity contribution in [2.24, 2.45) is 7.05 Å². The van der Waals surface area contributed by atoms with Crippen molar-refractivity contribution in [1.82, 2.24) is 20.3 Å². The smallest absolute Gasteiger partial charge is 0.0776 e. The van der Waals surface area contributed by atoms with E-state index in [-0.39, 0.29) is 6.04 Å². The van der Waals surface area contributed by atoms with Crippen LogP contribution in [0.25, 0.3) is 0 Å². The van der Waals surface area contributed by atoms with Crippen molar-refractivity contribution in [2.45, 2.75) is 19.4 Å². The zero-order valence-electron chi connectivity index (χ0n) is 9.03. The van der Waals surface area contributed by atoms with Gasteiger partial charge in [-0.3, -0.25) is 4.68 Å². The normalized spacial score (nSPS) is 13.1. The average molecular weight is 198 g/mol. The van der Waals surface area contributed by atoms with Crippen LogP contribution in [0.3, 0.4) is 0 Å². The Kier molecular flexibility index (Phi) is 4.55. The minimum absolute atomic E-state index is 0.181. The molecule has 0 spiro atoms. The van der Waals surface area contributed by atoms with Crippen molar-refractivity contribution in [3.8, 4) is 0 Å². The van der Waals surface area contributed by atoms with Crippen LogP contribution in [-0.2, 0) is 11.8 Å². The molecule has 0 aliphatic heterocycles. The predicted octanol–water partition coefficient (Wildman–Crippen LogP) is 0.502. The first kappa shape index (κ1) is 11.1. The Morgan fingerprint density at radius 2 is 2.43 bits per heavy atom. The summed E-state index contributed by atoms with van der Waals surface area (Å²) in [5.41, 5.74) is 1.06. The molecule has 1 N–H and O–H groups in total. The van der Waals surface area contributed by atoms with Crippen molar-refractivity contribution in [1.29, 1.82) is 0 Å². The molecule has 0 saturated carbocycles. The van der Waals surface area contributed by atoms with Gasteiger partial charge in [-0.15, -0.1) is 5.10 Å². The SMILES string of the molecule is CCCNC(COC)c1cnnn1C. The quantitative estimate of drug-likeness (QED) is 0.723. The van der Waals surface area contributed by atoms with E-state index in [2.05, 4.69) is 22.6 Å². The standard InChI is InChI=1S/C9H18N4O/c1-4-5-10-8(7-14-3)9-6-11-12-13(9)2/h6,8,10H,4-5,7H2,1-3H3. The number of methoxy groups -OCH3 is 1. The summed E-state index contributed by atoms with van der Waals surface area (Å²) in [6.07, 6.45) is 2.87.